The third-order valence-corrected chi connectivity index (χ3v) is 8.68. The molecule has 2 aliphatic rings. The Morgan fingerprint density at radius 3 is 2.44 bits per heavy atom. The Morgan fingerprint density at radius 1 is 1.09 bits per heavy atom. The molecule has 1 fully saturated rings. The van der Waals surface area contributed by atoms with Crippen LogP contribution >= 0.6 is 0 Å². The van der Waals surface area contributed by atoms with E-state index in [4.69, 9.17) is 4.52 Å². The number of aryl methyl sites for hydroxylation is 1. The Bertz CT molecular complexity index is 1540. The number of amides is 3. The molecule has 228 valence electrons. The second kappa shape index (κ2) is 11.6. The largest absolute Gasteiger partial charge is 0.391 e. The van der Waals surface area contributed by atoms with Crippen molar-refractivity contribution in [2.45, 2.75) is 91.1 Å². The summed E-state index contributed by atoms with van der Waals surface area (Å²) in [6, 6.07) is 11.6. The van der Waals surface area contributed by atoms with Crippen molar-refractivity contribution in [2.75, 3.05) is 6.54 Å². The minimum atomic E-state index is -0.844. The van der Waals surface area contributed by atoms with Crippen LogP contribution in [0, 0.1) is 12.8 Å². The number of β-amino-alcohol motifs (C(OH)–C–C–N with tert-alkyl or cyclic N) is 1. The molecule has 2 aliphatic heterocycles. The highest BCUT2D eigenvalue weighted by molar-refractivity contribution is 6.01. The Labute approximate surface area is 253 Å². The van der Waals surface area contributed by atoms with Crippen molar-refractivity contribution in [2.24, 2.45) is 5.92 Å². The van der Waals surface area contributed by atoms with E-state index in [0.717, 1.165) is 33.6 Å². The monoisotopic (exact) mass is 586 g/mol. The van der Waals surface area contributed by atoms with Crippen LogP contribution in [0.25, 0.3) is 11.1 Å². The van der Waals surface area contributed by atoms with E-state index in [2.05, 4.69) is 37.3 Å². The first-order chi connectivity index (χ1) is 20.3. The molecule has 3 heterocycles. The summed E-state index contributed by atoms with van der Waals surface area (Å²) >= 11 is 0. The fourth-order valence-electron chi connectivity index (χ4n) is 6.47. The lowest BCUT2D eigenvalue weighted by atomic mass is 9.80. The number of carbonyl (C=O) groups excluding carboxylic acids is 3. The third-order valence-electron chi connectivity index (χ3n) is 8.68. The summed E-state index contributed by atoms with van der Waals surface area (Å²) in [5, 5.41) is 17.7. The van der Waals surface area contributed by atoms with E-state index in [1.807, 2.05) is 58.0 Å². The van der Waals surface area contributed by atoms with E-state index in [-0.39, 0.29) is 48.1 Å². The Balaban J connectivity index is 1.37. The normalized spacial score (nSPS) is 20.0. The van der Waals surface area contributed by atoms with E-state index >= 15 is 0 Å². The number of likely N-dealkylation sites (tertiary alicyclic amines) is 1. The molecule has 1 aromatic heterocycles. The van der Waals surface area contributed by atoms with E-state index in [0.29, 0.717) is 12.1 Å². The van der Waals surface area contributed by atoms with Gasteiger partial charge in [-0.1, -0.05) is 76.2 Å². The topological polar surface area (TPSA) is 116 Å². The molecule has 9 heteroatoms. The van der Waals surface area contributed by atoms with Crippen LogP contribution in [0.2, 0.25) is 0 Å². The minimum absolute atomic E-state index is 0.0452. The number of rotatable bonds is 7. The molecule has 4 unspecified atom stereocenters. The van der Waals surface area contributed by atoms with E-state index in [9.17, 15) is 19.5 Å². The van der Waals surface area contributed by atoms with Crippen LogP contribution in [-0.2, 0) is 21.5 Å². The first kappa shape index (κ1) is 30.5. The van der Waals surface area contributed by atoms with Crippen LogP contribution in [0.3, 0.4) is 0 Å². The smallest absolute Gasteiger partial charge is 0.255 e. The number of hydrogen-bond acceptors (Lipinski definition) is 6. The maximum absolute atomic E-state index is 14.1. The maximum atomic E-state index is 14.1. The van der Waals surface area contributed by atoms with Gasteiger partial charge in [-0.25, -0.2) is 0 Å². The van der Waals surface area contributed by atoms with Crippen LogP contribution in [0.5, 0.6) is 0 Å². The van der Waals surface area contributed by atoms with Crippen molar-refractivity contribution >= 4 is 17.7 Å². The number of nitrogens with zero attached hydrogens (tertiary/aromatic N) is 3. The molecule has 0 spiro atoms. The summed E-state index contributed by atoms with van der Waals surface area (Å²) in [4.78, 5) is 44.2. The SMILES string of the molecule is Cc1oncc1-c1ccc(C(C)NC(=O)C2CC(O)CN2C(=O)C(C(C)C)N2Cc3ccccc3C2=O)c(C(C)(C)C)c1. The second-order valence-electron chi connectivity index (χ2n) is 13.3. The molecule has 0 aliphatic carbocycles. The number of hydrogen-bond donors (Lipinski definition) is 2. The highest BCUT2D eigenvalue weighted by atomic mass is 16.5. The molecule has 1 saturated heterocycles. The minimum Gasteiger partial charge on any atom is -0.391 e. The van der Waals surface area contributed by atoms with Gasteiger partial charge in [-0.05, 0) is 53.5 Å². The van der Waals surface area contributed by atoms with Gasteiger partial charge in [0.2, 0.25) is 11.8 Å². The van der Waals surface area contributed by atoms with E-state index < -0.39 is 18.2 Å². The molecule has 9 nitrogen and oxygen atoms in total. The van der Waals surface area contributed by atoms with Gasteiger partial charge < -0.3 is 24.7 Å². The van der Waals surface area contributed by atoms with Gasteiger partial charge in [-0.2, -0.15) is 0 Å². The average molecular weight is 587 g/mol. The first-order valence-electron chi connectivity index (χ1n) is 15.0. The van der Waals surface area contributed by atoms with Crippen LogP contribution in [0.15, 0.2) is 53.2 Å². The van der Waals surface area contributed by atoms with E-state index in [1.54, 1.807) is 17.2 Å². The zero-order valence-corrected chi connectivity index (χ0v) is 26.0. The molecule has 3 amide bonds. The molecule has 2 N–H and O–H groups in total. The number of benzene rings is 2. The summed E-state index contributed by atoms with van der Waals surface area (Å²) in [6.07, 6.45) is 1.02. The van der Waals surface area contributed by atoms with E-state index in [1.165, 1.54) is 4.90 Å². The predicted molar refractivity (Wildman–Crippen MR) is 163 cm³/mol. The Morgan fingerprint density at radius 2 is 1.81 bits per heavy atom. The number of aliphatic hydroxyl groups is 1. The van der Waals surface area contributed by atoms with Crippen molar-refractivity contribution < 1.29 is 24.0 Å². The zero-order chi connectivity index (χ0) is 31.2. The lowest BCUT2D eigenvalue weighted by molar-refractivity contribution is -0.143. The van der Waals surface area contributed by atoms with Crippen molar-refractivity contribution in [1.29, 1.82) is 0 Å². The van der Waals surface area contributed by atoms with Gasteiger partial charge in [-0.3, -0.25) is 14.4 Å². The van der Waals surface area contributed by atoms with Gasteiger partial charge in [-0.15, -0.1) is 0 Å². The molecule has 0 saturated carbocycles. The fraction of sp³-hybridized carbons (Fsp3) is 0.471. The molecule has 43 heavy (non-hydrogen) atoms. The van der Waals surface area contributed by atoms with Crippen LogP contribution in [0.1, 0.15) is 86.8 Å². The van der Waals surface area contributed by atoms with Crippen molar-refractivity contribution in [3.8, 4) is 11.1 Å². The van der Waals surface area contributed by atoms with Gasteiger partial charge in [0.25, 0.3) is 5.91 Å². The highest BCUT2D eigenvalue weighted by Gasteiger charge is 2.46. The number of fused-ring (bicyclic) bond motifs is 1. The molecule has 2 aromatic carbocycles. The average Bonchev–Trinajstić information content (AvgIpc) is 3.65. The van der Waals surface area contributed by atoms with Gasteiger partial charge in [0.1, 0.15) is 17.8 Å². The number of aliphatic hydroxyl groups excluding tert-OH is 1. The van der Waals surface area contributed by atoms with Gasteiger partial charge in [0.15, 0.2) is 0 Å². The molecule has 4 atom stereocenters. The quantitative estimate of drug-likeness (QED) is 0.412. The van der Waals surface area contributed by atoms with Gasteiger partial charge in [0, 0.05) is 30.6 Å². The molecular formula is C34H42N4O5. The molecular weight excluding hydrogens is 544 g/mol. The summed E-state index contributed by atoms with van der Waals surface area (Å²) in [5.74, 6) is -0.276. The molecule has 0 bridgehead atoms. The van der Waals surface area contributed by atoms with Crippen LogP contribution < -0.4 is 5.32 Å². The predicted octanol–water partition coefficient (Wildman–Crippen LogP) is 4.77. The highest BCUT2D eigenvalue weighted by Crippen LogP contribution is 2.35. The Kier molecular flexibility index (Phi) is 8.22. The standard InChI is InChI=1S/C34H42N4O5/c1-19(2)30(38-17-23-10-8-9-11-26(23)32(38)41)33(42)37-18-24(39)15-29(37)31(40)36-20(3)25-13-12-22(14-28(25)34(5,6)7)27-16-35-43-21(27)4/h8-14,16,19-20,24,29-30,39H,15,17-18H2,1-7H3,(H,36,40). The lowest BCUT2D eigenvalue weighted by Crippen LogP contribution is -2.55. The Hall–Kier alpha value is -3.98. The number of nitrogens with one attached hydrogen (secondary N) is 1. The van der Waals surface area contributed by atoms with Gasteiger partial charge in [0.05, 0.1) is 18.3 Å². The summed E-state index contributed by atoms with van der Waals surface area (Å²) < 4.78 is 5.27. The van der Waals surface area contributed by atoms with Crippen molar-refractivity contribution in [3.63, 3.8) is 0 Å². The van der Waals surface area contributed by atoms with Crippen LogP contribution in [-0.4, -0.2) is 62.5 Å². The summed E-state index contributed by atoms with van der Waals surface area (Å²) in [6.45, 7) is 14.4. The zero-order valence-electron chi connectivity index (χ0n) is 26.0. The summed E-state index contributed by atoms with van der Waals surface area (Å²) in [5.41, 5.74) is 5.22. The molecule has 3 aromatic rings. The molecule has 5 rings (SSSR count). The number of aromatic nitrogens is 1. The lowest BCUT2D eigenvalue weighted by Gasteiger charge is -2.35. The molecule has 0 radical (unpaired) electrons. The fourth-order valence-corrected chi connectivity index (χ4v) is 6.47. The van der Waals surface area contributed by atoms with Gasteiger partial charge >= 0.3 is 0 Å². The maximum Gasteiger partial charge on any atom is 0.255 e. The summed E-state index contributed by atoms with van der Waals surface area (Å²) in [7, 11) is 0. The van der Waals surface area contributed by atoms with Crippen molar-refractivity contribution in [3.05, 3.63) is 76.7 Å². The van der Waals surface area contributed by atoms with Crippen LogP contribution in [0.4, 0.5) is 0 Å². The van der Waals surface area contributed by atoms with Crippen molar-refractivity contribution in [1.82, 2.24) is 20.3 Å². The first-order valence-corrected chi connectivity index (χ1v) is 15.0. The third kappa shape index (κ3) is 5.83. The second-order valence-corrected chi connectivity index (χ2v) is 13.3. The number of carbonyl (C=O) groups is 3.